The monoisotopic (exact) mass is 305 g/mol. The maximum absolute atomic E-state index is 10.7. The largest absolute Gasteiger partial charge is 0.389 e. The van der Waals surface area contributed by atoms with E-state index in [4.69, 9.17) is 0 Å². The Labute approximate surface area is 106 Å². The summed E-state index contributed by atoms with van der Waals surface area (Å²) < 4.78 is 0.634. The number of carbonyl (C=O) groups excluding carboxylic acids is 1. The van der Waals surface area contributed by atoms with E-state index in [0.717, 1.165) is 11.8 Å². The van der Waals surface area contributed by atoms with Gasteiger partial charge in [0.15, 0.2) is 5.12 Å². The number of carbonyl (C=O) groups is 1. The molecule has 0 aromatic carbocycles. The molecule has 0 aliphatic carbocycles. The number of thioether (sulfide) groups is 1. The summed E-state index contributed by atoms with van der Waals surface area (Å²) in [6.07, 6.45) is 1.08. The standard InChI is InChI=1S/C10H12BrNO3S/c1-6(13)16-5-9(14)10(15)7-2-3-12-4-8(7)11/h2-4,9-10,14-15H,5H2,1H3. The molecule has 88 valence electrons. The van der Waals surface area contributed by atoms with Crippen LogP contribution in [0.5, 0.6) is 0 Å². The molecule has 0 aliphatic heterocycles. The number of hydrogen-bond donors (Lipinski definition) is 2. The first-order valence-electron chi connectivity index (χ1n) is 4.61. The van der Waals surface area contributed by atoms with Gasteiger partial charge in [0.2, 0.25) is 0 Å². The normalized spacial score (nSPS) is 14.5. The third-order valence-electron chi connectivity index (χ3n) is 1.94. The van der Waals surface area contributed by atoms with Crippen LogP contribution in [0.15, 0.2) is 22.9 Å². The lowest BCUT2D eigenvalue weighted by molar-refractivity contribution is -0.109. The molecule has 0 spiro atoms. The minimum absolute atomic E-state index is 0.0833. The van der Waals surface area contributed by atoms with Crippen LogP contribution in [0.3, 0.4) is 0 Å². The van der Waals surface area contributed by atoms with E-state index in [2.05, 4.69) is 20.9 Å². The van der Waals surface area contributed by atoms with E-state index in [9.17, 15) is 15.0 Å². The first-order chi connectivity index (χ1) is 7.52. The van der Waals surface area contributed by atoms with Crippen molar-refractivity contribution >= 4 is 32.8 Å². The van der Waals surface area contributed by atoms with Crippen LogP contribution < -0.4 is 0 Å². The minimum atomic E-state index is -1.02. The van der Waals surface area contributed by atoms with Crippen LogP contribution in [0.1, 0.15) is 18.6 Å². The molecule has 2 unspecified atom stereocenters. The highest BCUT2D eigenvalue weighted by Gasteiger charge is 2.20. The van der Waals surface area contributed by atoms with Crippen molar-refractivity contribution in [2.75, 3.05) is 5.75 Å². The average molecular weight is 306 g/mol. The molecule has 1 heterocycles. The number of pyridine rings is 1. The summed E-state index contributed by atoms with van der Waals surface area (Å²) in [7, 11) is 0. The fourth-order valence-electron chi connectivity index (χ4n) is 1.13. The van der Waals surface area contributed by atoms with Crippen LogP contribution in [-0.2, 0) is 4.79 Å². The lowest BCUT2D eigenvalue weighted by Crippen LogP contribution is -2.21. The topological polar surface area (TPSA) is 70.4 Å². The number of rotatable bonds is 4. The van der Waals surface area contributed by atoms with Gasteiger partial charge in [0.25, 0.3) is 0 Å². The van der Waals surface area contributed by atoms with Gasteiger partial charge in [0.1, 0.15) is 6.10 Å². The highest BCUT2D eigenvalue weighted by atomic mass is 79.9. The molecule has 4 nitrogen and oxygen atoms in total. The van der Waals surface area contributed by atoms with Gasteiger partial charge in [-0.15, -0.1) is 0 Å². The second-order valence-electron chi connectivity index (χ2n) is 3.21. The molecular weight excluding hydrogens is 294 g/mol. The lowest BCUT2D eigenvalue weighted by Gasteiger charge is -2.18. The Morgan fingerprint density at radius 1 is 1.62 bits per heavy atom. The summed E-state index contributed by atoms with van der Waals surface area (Å²) in [5, 5.41) is 19.4. The second-order valence-corrected chi connectivity index (χ2v) is 5.26. The van der Waals surface area contributed by atoms with Crippen molar-refractivity contribution in [2.24, 2.45) is 0 Å². The highest BCUT2D eigenvalue weighted by molar-refractivity contribution is 9.10. The smallest absolute Gasteiger partial charge is 0.185 e. The zero-order chi connectivity index (χ0) is 12.1. The van der Waals surface area contributed by atoms with E-state index in [-0.39, 0.29) is 10.9 Å². The molecule has 0 aliphatic rings. The molecule has 6 heteroatoms. The summed E-state index contributed by atoms with van der Waals surface area (Å²) in [6.45, 7) is 1.42. The molecular formula is C10H12BrNO3S. The molecule has 0 amide bonds. The van der Waals surface area contributed by atoms with E-state index in [1.165, 1.54) is 13.1 Å². The van der Waals surface area contributed by atoms with E-state index >= 15 is 0 Å². The molecule has 0 radical (unpaired) electrons. The summed E-state index contributed by atoms with van der Waals surface area (Å²) >= 11 is 4.23. The SMILES string of the molecule is CC(=O)SCC(O)C(O)c1ccncc1Br. The average Bonchev–Trinajstić information content (AvgIpc) is 2.25. The van der Waals surface area contributed by atoms with E-state index < -0.39 is 12.2 Å². The fraction of sp³-hybridized carbons (Fsp3) is 0.400. The number of aliphatic hydroxyl groups is 2. The van der Waals surface area contributed by atoms with E-state index in [0.29, 0.717) is 10.0 Å². The number of halogens is 1. The molecule has 0 fully saturated rings. The highest BCUT2D eigenvalue weighted by Crippen LogP contribution is 2.26. The van der Waals surface area contributed by atoms with Crippen molar-refractivity contribution in [1.82, 2.24) is 4.98 Å². The summed E-state index contributed by atoms with van der Waals surface area (Å²) in [6, 6.07) is 1.62. The third kappa shape index (κ3) is 3.86. The Bertz CT molecular complexity index is 375. The van der Waals surface area contributed by atoms with Crippen molar-refractivity contribution in [3.8, 4) is 0 Å². The zero-order valence-electron chi connectivity index (χ0n) is 8.63. The van der Waals surface area contributed by atoms with Crippen molar-refractivity contribution in [1.29, 1.82) is 0 Å². The molecule has 0 saturated heterocycles. The van der Waals surface area contributed by atoms with Crippen LogP contribution in [0.2, 0.25) is 0 Å². The molecule has 2 atom stereocenters. The molecule has 0 saturated carbocycles. The maximum atomic E-state index is 10.7. The van der Waals surface area contributed by atoms with Gasteiger partial charge < -0.3 is 10.2 Å². The number of hydrogen-bond acceptors (Lipinski definition) is 5. The molecule has 16 heavy (non-hydrogen) atoms. The zero-order valence-corrected chi connectivity index (χ0v) is 11.0. The van der Waals surface area contributed by atoms with Gasteiger partial charge in [-0.05, 0) is 22.0 Å². The predicted octanol–water partition coefficient (Wildman–Crippen LogP) is 1.52. The van der Waals surface area contributed by atoms with Gasteiger partial charge in [-0.3, -0.25) is 9.78 Å². The first kappa shape index (κ1) is 13.6. The lowest BCUT2D eigenvalue weighted by atomic mass is 10.1. The van der Waals surface area contributed by atoms with Crippen LogP contribution in [-0.4, -0.2) is 32.2 Å². The van der Waals surface area contributed by atoms with Crippen LogP contribution >= 0.6 is 27.7 Å². The number of nitrogens with zero attached hydrogens (tertiary/aromatic N) is 1. The molecule has 1 aromatic rings. The molecule has 2 N–H and O–H groups in total. The quantitative estimate of drug-likeness (QED) is 0.882. The van der Waals surface area contributed by atoms with Crippen molar-refractivity contribution in [3.05, 3.63) is 28.5 Å². The van der Waals surface area contributed by atoms with E-state index in [1.807, 2.05) is 0 Å². The first-order valence-corrected chi connectivity index (χ1v) is 6.39. The predicted molar refractivity (Wildman–Crippen MR) is 66.0 cm³/mol. The Morgan fingerprint density at radius 2 is 2.31 bits per heavy atom. The van der Waals surface area contributed by atoms with Crippen LogP contribution in [0.4, 0.5) is 0 Å². The second kappa shape index (κ2) is 6.34. The van der Waals surface area contributed by atoms with E-state index in [1.54, 1.807) is 12.3 Å². The Morgan fingerprint density at radius 3 is 2.88 bits per heavy atom. The summed E-state index contributed by atoms with van der Waals surface area (Å²) in [4.78, 5) is 14.6. The number of aromatic nitrogens is 1. The summed E-state index contributed by atoms with van der Waals surface area (Å²) in [5.41, 5.74) is 0.562. The van der Waals surface area contributed by atoms with Crippen molar-refractivity contribution in [2.45, 2.75) is 19.1 Å². The van der Waals surface area contributed by atoms with Crippen molar-refractivity contribution < 1.29 is 15.0 Å². The Balaban J connectivity index is 2.66. The van der Waals surface area contributed by atoms with Gasteiger partial charge in [-0.1, -0.05) is 11.8 Å². The molecule has 0 bridgehead atoms. The number of aliphatic hydroxyl groups excluding tert-OH is 2. The Kier molecular flexibility index (Phi) is 5.40. The third-order valence-corrected chi connectivity index (χ3v) is 3.52. The Hall–Kier alpha value is -0.430. The van der Waals surface area contributed by atoms with Gasteiger partial charge in [0.05, 0.1) is 6.10 Å². The molecule has 1 aromatic heterocycles. The van der Waals surface area contributed by atoms with Gasteiger partial charge in [-0.25, -0.2) is 0 Å². The maximum Gasteiger partial charge on any atom is 0.185 e. The van der Waals surface area contributed by atoms with Crippen LogP contribution in [0, 0.1) is 0 Å². The van der Waals surface area contributed by atoms with Crippen LogP contribution in [0.25, 0.3) is 0 Å². The van der Waals surface area contributed by atoms with Gasteiger partial charge in [0, 0.05) is 35.1 Å². The molecule has 1 rings (SSSR count). The van der Waals surface area contributed by atoms with Crippen molar-refractivity contribution in [3.63, 3.8) is 0 Å². The summed E-state index contributed by atoms with van der Waals surface area (Å²) in [5.74, 6) is 0.172. The minimum Gasteiger partial charge on any atom is -0.389 e. The van der Waals surface area contributed by atoms with Gasteiger partial charge >= 0.3 is 0 Å². The van der Waals surface area contributed by atoms with Gasteiger partial charge in [-0.2, -0.15) is 0 Å². The fourth-order valence-corrected chi connectivity index (χ4v) is 2.20.